The lowest BCUT2D eigenvalue weighted by Gasteiger charge is -2.02. The van der Waals surface area contributed by atoms with E-state index in [1.54, 1.807) is 23.7 Å². The Kier molecular flexibility index (Phi) is 4.02. The van der Waals surface area contributed by atoms with Crippen LogP contribution in [0.5, 0.6) is 5.75 Å². The molecule has 5 nitrogen and oxygen atoms in total. The van der Waals surface area contributed by atoms with Gasteiger partial charge in [0.1, 0.15) is 11.6 Å². The summed E-state index contributed by atoms with van der Waals surface area (Å²) in [5.41, 5.74) is 11.3. The first-order chi connectivity index (χ1) is 10.7. The second kappa shape index (κ2) is 6.28. The molecule has 0 saturated heterocycles. The standard InChI is InChI=1S/C16H14N4OS/c17-15-10-22-16(19-15)20-18-9-11-4-6-12(7-5-11)13-2-1-3-14(21)8-13/h1-10,21H,17H2,(H,19,20). The third kappa shape index (κ3) is 3.42. The highest BCUT2D eigenvalue weighted by molar-refractivity contribution is 7.14. The van der Waals surface area contributed by atoms with Crippen molar-refractivity contribution in [3.63, 3.8) is 0 Å². The number of hydrazone groups is 1. The molecule has 3 aromatic rings. The largest absolute Gasteiger partial charge is 0.508 e. The van der Waals surface area contributed by atoms with Gasteiger partial charge in [0.05, 0.1) is 6.21 Å². The number of aromatic hydroxyl groups is 1. The Balaban J connectivity index is 1.69. The number of hydrogen-bond donors (Lipinski definition) is 3. The molecule has 0 fully saturated rings. The zero-order chi connectivity index (χ0) is 15.4. The van der Waals surface area contributed by atoms with Crippen LogP contribution in [0.2, 0.25) is 0 Å². The Morgan fingerprint density at radius 2 is 1.95 bits per heavy atom. The van der Waals surface area contributed by atoms with E-state index in [0.29, 0.717) is 10.9 Å². The summed E-state index contributed by atoms with van der Waals surface area (Å²) >= 11 is 1.40. The number of nitrogen functional groups attached to an aromatic ring is 1. The summed E-state index contributed by atoms with van der Waals surface area (Å²) in [7, 11) is 0. The van der Waals surface area contributed by atoms with Gasteiger partial charge in [-0.25, -0.2) is 4.98 Å². The summed E-state index contributed by atoms with van der Waals surface area (Å²) in [6, 6.07) is 15.1. The van der Waals surface area contributed by atoms with Gasteiger partial charge in [-0.05, 0) is 28.8 Å². The molecule has 0 radical (unpaired) electrons. The average molecular weight is 310 g/mol. The molecule has 110 valence electrons. The van der Waals surface area contributed by atoms with E-state index >= 15 is 0 Å². The molecule has 0 atom stereocenters. The number of nitrogens with two attached hydrogens (primary N) is 1. The molecule has 1 aromatic heterocycles. The number of nitrogens with zero attached hydrogens (tertiary/aromatic N) is 2. The Labute approximate surface area is 131 Å². The van der Waals surface area contributed by atoms with E-state index in [1.807, 2.05) is 36.4 Å². The number of aromatic nitrogens is 1. The molecule has 4 N–H and O–H groups in total. The van der Waals surface area contributed by atoms with Gasteiger partial charge in [0, 0.05) is 5.38 Å². The number of phenols is 1. The molecule has 3 rings (SSSR count). The summed E-state index contributed by atoms with van der Waals surface area (Å²) in [4.78, 5) is 4.05. The van der Waals surface area contributed by atoms with E-state index < -0.39 is 0 Å². The van der Waals surface area contributed by atoms with Crippen LogP contribution in [-0.2, 0) is 0 Å². The van der Waals surface area contributed by atoms with Gasteiger partial charge in [-0.2, -0.15) is 5.10 Å². The molecular formula is C16H14N4OS. The van der Waals surface area contributed by atoms with Crippen molar-refractivity contribution in [1.29, 1.82) is 0 Å². The molecule has 6 heteroatoms. The lowest BCUT2D eigenvalue weighted by atomic mass is 10.0. The molecule has 0 aliphatic heterocycles. The highest BCUT2D eigenvalue weighted by Gasteiger charge is 1.99. The van der Waals surface area contributed by atoms with Gasteiger partial charge in [-0.15, -0.1) is 11.3 Å². The van der Waals surface area contributed by atoms with Crippen LogP contribution in [0.3, 0.4) is 0 Å². The van der Waals surface area contributed by atoms with Crippen LogP contribution in [0.15, 0.2) is 59.0 Å². The normalized spacial score (nSPS) is 10.9. The quantitative estimate of drug-likeness (QED) is 0.508. The van der Waals surface area contributed by atoms with Crippen molar-refractivity contribution in [1.82, 2.24) is 4.98 Å². The number of thiazole rings is 1. The third-order valence-corrected chi connectivity index (χ3v) is 3.75. The lowest BCUT2D eigenvalue weighted by Crippen LogP contribution is -1.91. The first-order valence-corrected chi connectivity index (χ1v) is 7.48. The van der Waals surface area contributed by atoms with Crippen LogP contribution in [-0.4, -0.2) is 16.3 Å². The Morgan fingerprint density at radius 1 is 1.14 bits per heavy atom. The van der Waals surface area contributed by atoms with Crippen LogP contribution in [0.25, 0.3) is 11.1 Å². The zero-order valence-corrected chi connectivity index (χ0v) is 12.4. The van der Waals surface area contributed by atoms with Gasteiger partial charge in [-0.1, -0.05) is 36.4 Å². The van der Waals surface area contributed by atoms with E-state index in [0.717, 1.165) is 16.7 Å². The first-order valence-electron chi connectivity index (χ1n) is 6.60. The summed E-state index contributed by atoms with van der Waals surface area (Å²) in [5, 5.41) is 16.0. The maximum atomic E-state index is 9.51. The van der Waals surface area contributed by atoms with Crippen molar-refractivity contribution >= 4 is 28.5 Å². The highest BCUT2D eigenvalue weighted by atomic mass is 32.1. The number of phenolic OH excluding ortho intramolecular Hbond substituents is 1. The van der Waals surface area contributed by atoms with Gasteiger partial charge in [-0.3, -0.25) is 5.43 Å². The number of benzene rings is 2. The van der Waals surface area contributed by atoms with E-state index in [1.165, 1.54) is 11.3 Å². The van der Waals surface area contributed by atoms with Gasteiger partial charge < -0.3 is 10.8 Å². The predicted octanol–water partition coefficient (Wildman–Crippen LogP) is 3.54. The topological polar surface area (TPSA) is 83.5 Å². The number of rotatable bonds is 4. The van der Waals surface area contributed by atoms with Crippen LogP contribution < -0.4 is 11.2 Å². The summed E-state index contributed by atoms with van der Waals surface area (Å²) in [6.07, 6.45) is 1.71. The monoisotopic (exact) mass is 310 g/mol. The van der Waals surface area contributed by atoms with Gasteiger partial charge in [0.25, 0.3) is 0 Å². The Hall–Kier alpha value is -2.86. The van der Waals surface area contributed by atoms with Gasteiger partial charge >= 0.3 is 0 Å². The second-order valence-corrected chi connectivity index (χ2v) is 5.48. The van der Waals surface area contributed by atoms with Crippen molar-refractivity contribution in [3.05, 3.63) is 59.5 Å². The Bertz CT molecular complexity index is 796. The highest BCUT2D eigenvalue weighted by Crippen LogP contribution is 2.23. The SMILES string of the molecule is Nc1csc(NN=Cc2ccc(-c3cccc(O)c3)cc2)n1. The molecule has 0 aliphatic rings. The lowest BCUT2D eigenvalue weighted by molar-refractivity contribution is 0.475. The number of hydrogen-bond acceptors (Lipinski definition) is 6. The predicted molar refractivity (Wildman–Crippen MR) is 91.3 cm³/mol. The van der Waals surface area contributed by atoms with E-state index in [2.05, 4.69) is 15.5 Å². The molecule has 1 heterocycles. The van der Waals surface area contributed by atoms with Gasteiger partial charge in [0.2, 0.25) is 5.13 Å². The minimum atomic E-state index is 0.259. The fourth-order valence-corrected chi connectivity index (χ4v) is 2.50. The smallest absolute Gasteiger partial charge is 0.205 e. The van der Waals surface area contributed by atoms with Crippen molar-refractivity contribution < 1.29 is 5.11 Å². The molecule has 0 bridgehead atoms. The molecule has 0 spiro atoms. The average Bonchev–Trinajstić information content (AvgIpc) is 2.93. The fourth-order valence-electron chi connectivity index (χ4n) is 1.95. The van der Waals surface area contributed by atoms with Crippen molar-refractivity contribution in [2.75, 3.05) is 11.2 Å². The Morgan fingerprint density at radius 3 is 2.64 bits per heavy atom. The second-order valence-electron chi connectivity index (χ2n) is 4.62. The van der Waals surface area contributed by atoms with Gasteiger partial charge in [0.15, 0.2) is 0 Å². The van der Waals surface area contributed by atoms with Crippen molar-refractivity contribution in [2.24, 2.45) is 5.10 Å². The van der Waals surface area contributed by atoms with Crippen LogP contribution in [0.1, 0.15) is 5.56 Å². The minimum absolute atomic E-state index is 0.259. The van der Waals surface area contributed by atoms with Crippen LogP contribution in [0, 0.1) is 0 Å². The minimum Gasteiger partial charge on any atom is -0.508 e. The number of anilines is 2. The van der Waals surface area contributed by atoms with E-state index in [4.69, 9.17) is 5.73 Å². The number of nitrogens with one attached hydrogen (secondary N) is 1. The maximum Gasteiger partial charge on any atom is 0.205 e. The van der Waals surface area contributed by atoms with Crippen LogP contribution in [0.4, 0.5) is 10.9 Å². The van der Waals surface area contributed by atoms with E-state index in [-0.39, 0.29) is 5.75 Å². The molecule has 0 unspecified atom stereocenters. The van der Waals surface area contributed by atoms with Crippen molar-refractivity contribution in [3.8, 4) is 16.9 Å². The summed E-state index contributed by atoms with van der Waals surface area (Å²) < 4.78 is 0. The molecular weight excluding hydrogens is 296 g/mol. The zero-order valence-electron chi connectivity index (χ0n) is 11.6. The molecule has 2 aromatic carbocycles. The molecule has 0 amide bonds. The molecule has 22 heavy (non-hydrogen) atoms. The summed E-state index contributed by atoms with van der Waals surface area (Å²) in [5.74, 6) is 0.744. The summed E-state index contributed by atoms with van der Waals surface area (Å²) in [6.45, 7) is 0. The first kappa shape index (κ1) is 14.1. The molecule has 0 saturated carbocycles. The van der Waals surface area contributed by atoms with E-state index in [9.17, 15) is 5.11 Å². The maximum absolute atomic E-state index is 9.51. The fraction of sp³-hybridized carbons (Fsp3) is 0. The molecule has 0 aliphatic carbocycles. The van der Waals surface area contributed by atoms with Crippen LogP contribution >= 0.6 is 11.3 Å². The third-order valence-electron chi connectivity index (χ3n) is 2.99. The van der Waals surface area contributed by atoms with Crippen molar-refractivity contribution in [2.45, 2.75) is 0 Å².